The molecule has 0 N–H and O–H groups in total. The standard InChI is InChI=1S/C25H26N2O/c1-6-8-9-18(7-2)19-10-12-20(13-11-19)23-26-27-24(28-23)21-14-16-22(17-15-21)25(3,4)5/h6-17H,1H2,2-5H3/b9-8-,18-7+. The summed E-state index contributed by atoms with van der Waals surface area (Å²) in [4.78, 5) is 0. The zero-order valence-electron chi connectivity index (χ0n) is 16.9. The van der Waals surface area contributed by atoms with E-state index < -0.39 is 0 Å². The monoisotopic (exact) mass is 370 g/mol. The largest absolute Gasteiger partial charge is 0.416 e. The lowest BCUT2D eigenvalue weighted by Crippen LogP contribution is -2.10. The fourth-order valence-corrected chi connectivity index (χ4v) is 2.91. The molecule has 142 valence electrons. The summed E-state index contributed by atoms with van der Waals surface area (Å²) in [6.07, 6.45) is 7.81. The summed E-state index contributed by atoms with van der Waals surface area (Å²) in [6, 6.07) is 16.4. The van der Waals surface area contributed by atoms with Gasteiger partial charge in [-0.25, -0.2) is 0 Å². The molecule has 0 amide bonds. The van der Waals surface area contributed by atoms with Gasteiger partial charge in [-0.1, -0.05) is 75.9 Å². The summed E-state index contributed by atoms with van der Waals surface area (Å²) < 4.78 is 5.91. The molecule has 0 bridgehead atoms. The Bertz CT molecular complexity index is 998. The van der Waals surface area contributed by atoms with Crippen LogP contribution in [0.4, 0.5) is 0 Å². The number of hydrogen-bond acceptors (Lipinski definition) is 3. The number of aromatic nitrogens is 2. The van der Waals surface area contributed by atoms with Crippen molar-refractivity contribution in [3.05, 3.63) is 90.5 Å². The van der Waals surface area contributed by atoms with E-state index in [2.05, 4.69) is 67.9 Å². The molecule has 3 aromatic rings. The minimum absolute atomic E-state index is 0.118. The molecule has 3 rings (SSSR count). The lowest BCUT2D eigenvalue weighted by molar-refractivity contribution is 0.582. The third kappa shape index (κ3) is 4.37. The first-order valence-corrected chi connectivity index (χ1v) is 9.43. The van der Waals surface area contributed by atoms with Crippen molar-refractivity contribution in [2.75, 3.05) is 0 Å². The SMILES string of the molecule is C=C/C=C\C(=C/C)c1ccc(-c2nnc(-c3ccc(C(C)(C)C)cc3)o2)cc1. The molecule has 1 heterocycles. The second-order valence-electron chi connectivity index (χ2n) is 7.66. The van der Waals surface area contributed by atoms with E-state index in [4.69, 9.17) is 4.42 Å². The highest BCUT2D eigenvalue weighted by Crippen LogP contribution is 2.28. The smallest absolute Gasteiger partial charge is 0.248 e. The minimum atomic E-state index is 0.118. The molecule has 3 nitrogen and oxygen atoms in total. The van der Waals surface area contributed by atoms with Crippen LogP contribution in [0.3, 0.4) is 0 Å². The number of hydrogen-bond donors (Lipinski definition) is 0. The van der Waals surface area contributed by atoms with Crippen LogP contribution in [0.2, 0.25) is 0 Å². The maximum absolute atomic E-state index is 5.91. The fourth-order valence-electron chi connectivity index (χ4n) is 2.91. The molecule has 0 aliphatic carbocycles. The Kier molecular flexibility index (Phi) is 5.74. The van der Waals surface area contributed by atoms with Gasteiger partial charge in [-0.15, -0.1) is 10.2 Å². The second kappa shape index (κ2) is 8.22. The van der Waals surface area contributed by atoms with E-state index in [-0.39, 0.29) is 5.41 Å². The molecule has 0 aliphatic rings. The Morgan fingerprint density at radius 2 is 1.43 bits per heavy atom. The summed E-state index contributed by atoms with van der Waals surface area (Å²) in [6.45, 7) is 12.3. The van der Waals surface area contributed by atoms with E-state index in [1.54, 1.807) is 6.08 Å². The summed E-state index contributed by atoms with van der Waals surface area (Å²) in [7, 11) is 0. The van der Waals surface area contributed by atoms with Crippen LogP contribution in [0, 0.1) is 0 Å². The highest BCUT2D eigenvalue weighted by atomic mass is 16.4. The topological polar surface area (TPSA) is 38.9 Å². The molecule has 0 fully saturated rings. The fraction of sp³-hybridized carbons (Fsp3) is 0.200. The number of allylic oxidation sites excluding steroid dienone is 5. The molecule has 0 unspecified atom stereocenters. The van der Waals surface area contributed by atoms with Crippen LogP contribution in [0.5, 0.6) is 0 Å². The first-order chi connectivity index (χ1) is 13.4. The summed E-state index contributed by atoms with van der Waals surface area (Å²) in [5.41, 5.74) is 5.48. The van der Waals surface area contributed by atoms with Gasteiger partial charge in [0.15, 0.2) is 0 Å². The van der Waals surface area contributed by atoms with Gasteiger partial charge in [0.05, 0.1) is 0 Å². The molecular formula is C25H26N2O. The molecule has 0 saturated carbocycles. The van der Waals surface area contributed by atoms with Crippen molar-refractivity contribution in [3.63, 3.8) is 0 Å². The summed E-state index contributed by atoms with van der Waals surface area (Å²) in [5.74, 6) is 1.05. The van der Waals surface area contributed by atoms with Crippen LogP contribution in [-0.4, -0.2) is 10.2 Å². The predicted octanol–water partition coefficient (Wildman–Crippen LogP) is 6.85. The van der Waals surface area contributed by atoms with Crippen molar-refractivity contribution in [1.29, 1.82) is 0 Å². The third-order valence-electron chi connectivity index (χ3n) is 4.61. The van der Waals surface area contributed by atoms with Crippen LogP contribution < -0.4 is 0 Å². The quantitative estimate of drug-likeness (QED) is 0.461. The highest BCUT2D eigenvalue weighted by Gasteiger charge is 2.15. The molecule has 1 aromatic heterocycles. The molecule has 0 saturated heterocycles. The van der Waals surface area contributed by atoms with Gasteiger partial charge in [0.25, 0.3) is 0 Å². The Morgan fingerprint density at radius 3 is 1.89 bits per heavy atom. The van der Waals surface area contributed by atoms with Crippen molar-refractivity contribution in [2.24, 2.45) is 0 Å². The van der Waals surface area contributed by atoms with Gasteiger partial charge in [0.1, 0.15) is 0 Å². The van der Waals surface area contributed by atoms with Crippen LogP contribution in [0.25, 0.3) is 28.5 Å². The van der Waals surface area contributed by atoms with Crippen LogP contribution in [0.15, 0.2) is 83.8 Å². The Morgan fingerprint density at radius 1 is 0.893 bits per heavy atom. The Balaban J connectivity index is 1.82. The molecule has 0 atom stereocenters. The predicted molar refractivity (Wildman–Crippen MR) is 117 cm³/mol. The molecule has 0 aliphatic heterocycles. The van der Waals surface area contributed by atoms with E-state index in [9.17, 15) is 0 Å². The van der Waals surface area contributed by atoms with Gasteiger partial charge in [-0.3, -0.25) is 0 Å². The first kappa shape index (κ1) is 19.6. The second-order valence-corrected chi connectivity index (χ2v) is 7.66. The highest BCUT2D eigenvalue weighted by molar-refractivity contribution is 5.75. The lowest BCUT2D eigenvalue weighted by Gasteiger charge is -2.18. The van der Waals surface area contributed by atoms with Crippen LogP contribution in [0.1, 0.15) is 38.8 Å². The van der Waals surface area contributed by atoms with Crippen LogP contribution in [-0.2, 0) is 5.41 Å². The first-order valence-electron chi connectivity index (χ1n) is 9.43. The number of rotatable bonds is 5. The molecule has 28 heavy (non-hydrogen) atoms. The minimum Gasteiger partial charge on any atom is -0.416 e. The van der Waals surface area contributed by atoms with E-state index in [0.717, 1.165) is 22.3 Å². The lowest BCUT2D eigenvalue weighted by atomic mass is 9.87. The molecule has 2 aromatic carbocycles. The van der Waals surface area contributed by atoms with E-state index in [1.165, 1.54) is 5.56 Å². The summed E-state index contributed by atoms with van der Waals surface area (Å²) in [5, 5.41) is 8.44. The molecular weight excluding hydrogens is 344 g/mol. The molecule has 0 spiro atoms. The maximum Gasteiger partial charge on any atom is 0.248 e. The van der Waals surface area contributed by atoms with E-state index >= 15 is 0 Å². The van der Waals surface area contributed by atoms with Gasteiger partial charge in [-0.2, -0.15) is 0 Å². The van der Waals surface area contributed by atoms with Crippen molar-refractivity contribution in [3.8, 4) is 22.9 Å². The molecule has 0 radical (unpaired) electrons. The summed E-state index contributed by atoms with van der Waals surface area (Å²) >= 11 is 0. The average molecular weight is 370 g/mol. The zero-order chi connectivity index (χ0) is 20.1. The van der Waals surface area contributed by atoms with E-state index in [0.29, 0.717) is 11.8 Å². The molecule has 3 heteroatoms. The van der Waals surface area contributed by atoms with Crippen molar-refractivity contribution in [2.45, 2.75) is 33.1 Å². The van der Waals surface area contributed by atoms with Crippen molar-refractivity contribution in [1.82, 2.24) is 10.2 Å². The van der Waals surface area contributed by atoms with E-state index in [1.807, 2.05) is 43.3 Å². The number of nitrogens with zero attached hydrogens (tertiary/aromatic N) is 2. The van der Waals surface area contributed by atoms with Gasteiger partial charge < -0.3 is 4.42 Å². The van der Waals surface area contributed by atoms with Gasteiger partial charge >= 0.3 is 0 Å². The van der Waals surface area contributed by atoms with Crippen molar-refractivity contribution < 1.29 is 4.42 Å². The van der Waals surface area contributed by atoms with Crippen molar-refractivity contribution >= 4 is 5.57 Å². The Labute approximate surface area is 167 Å². The normalized spacial score (nSPS) is 12.5. The van der Waals surface area contributed by atoms with Gasteiger partial charge in [0, 0.05) is 11.1 Å². The number of benzene rings is 2. The van der Waals surface area contributed by atoms with Crippen LogP contribution >= 0.6 is 0 Å². The third-order valence-corrected chi connectivity index (χ3v) is 4.61. The maximum atomic E-state index is 5.91. The van der Waals surface area contributed by atoms with Gasteiger partial charge in [0.2, 0.25) is 11.8 Å². The Hall–Kier alpha value is -3.20. The zero-order valence-corrected chi connectivity index (χ0v) is 16.9. The van der Waals surface area contributed by atoms with Gasteiger partial charge in [-0.05, 0) is 53.3 Å². The average Bonchev–Trinajstić information content (AvgIpc) is 3.19.